The number of thiophene rings is 1. The van der Waals surface area contributed by atoms with Gasteiger partial charge in [-0.3, -0.25) is 4.79 Å². The minimum Gasteiger partial charge on any atom is -0.449 e. The number of hydrogen-bond acceptors (Lipinski definition) is 4. The van der Waals surface area contributed by atoms with Gasteiger partial charge >= 0.3 is 5.97 Å². The predicted molar refractivity (Wildman–Crippen MR) is 84.0 cm³/mol. The predicted octanol–water partition coefficient (Wildman–Crippen LogP) is 3.33. The molecule has 0 spiro atoms. The molecule has 0 radical (unpaired) electrons. The van der Waals surface area contributed by atoms with E-state index in [4.69, 9.17) is 4.74 Å². The molecular weight excluding hydrogens is 286 g/mol. The molecule has 0 saturated carbocycles. The van der Waals surface area contributed by atoms with Gasteiger partial charge in [0.15, 0.2) is 6.10 Å². The minimum atomic E-state index is -0.856. The van der Waals surface area contributed by atoms with Crippen molar-refractivity contribution in [3.63, 3.8) is 0 Å². The summed E-state index contributed by atoms with van der Waals surface area (Å²) in [6.07, 6.45) is 2.12. The van der Waals surface area contributed by atoms with Crippen molar-refractivity contribution in [2.24, 2.45) is 0 Å². The summed E-state index contributed by atoms with van der Waals surface area (Å²) in [6.45, 7) is 1.54. The maximum atomic E-state index is 11.9. The van der Waals surface area contributed by atoms with Crippen LogP contribution in [0, 0.1) is 0 Å². The van der Waals surface area contributed by atoms with Gasteiger partial charge in [0.25, 0.3) is 5.91 Å². The summed E-state index contributed by atoms with van der Waals surface area (Å²) in [6, 6.07) is 12.8. The highest BCUT2D eigenvalue weighted by atomic mass is 32.1. The van der Waals surface area contributed by atoms with Crippen molar-refractivity contribution < 1.29 is 14.3 Å². The van der Waals surface area contributed by atoms with E-state index in [-0.39, 0.29) is 5.91 Å². The summed E-state index contributed by atoms with van der Waals surface area (Å²) in [5.74, 6) is -0.904. The second-order valence-electron chi connectivity index (χ2n) is 4.28. The van der Waals surface area contributed by atoms with Gasteiger partial charge in [0.2, 0.25) is 0 Å². The van der Waals surface area contributed by atoms with E-state index in [1.54, 1.807) is 18.2 Å². The molecule has 2 aromatic rings. The fraction of sp³-hybridized carbons (Fsp3) is 0.125. The van der Waals surface area contributed by atoms with E-state index in [1.165, 1.54) is 24.3 Å². The van der Waals surface area contributed by atoms with Crippen LogP contribution in [0.5, 0.6) is 0 Å². The maximum absolute atomic E-state index is 11.9. The van der Waals surface area contributed by atoms with Gasteiger partial charge in [-0.25, -0.2) is 4.79 Å². The van der Waals surface area contributed by atoms with Crippen LogP contribution in [0.1, 0.15) is 11.8 Å². The van der Waals surface area contributed by atoms with Gasteiger partial charge in [-0.2, -0.15) is 0 Å². The zero-order valence-corrected chi connectivity index (χ0v) is 12.3. The molecule has 4 nitrogen and oxygen atoms in total. The molecule has 0 aliphatic rings. The summed E-state index contributed by atoms with van der Waals surface area (Å²) in [4.78, 5) is 24.4. The quantitative estimate of drug-likeness (QED) is 0.681. The molecule has 0 aliphatic carbocycles. The highest BCUT2D eigenvalue weighted by Crippen LogP contribution is 2.11. The summed E-state index contributed by atoms with van der Waals surface area (Å²) in [7, 11) is 0. The first kappa shape index (κ1) is 15.0. The Balaban J connectivity index is 1.84. The van der Waals surface area contributed by atoms with Gasteiger partial charge in [0, 0.05) is 16.6 Å². The van der Waals surface area contributed by atoms with Gasteiger partial charge in [0.05, 0.1) is 0 Å². The van der Waals surface area contributed by atoms with E-state index in [0.29, 0.717) is 5.69 Å². The molecule has 1 amide bonds. The highest BCUT2D eigenvalue weighted by Gasteiger charge is 2.16. The summed E-state index contributed by atoms with van der Waals surface area (Å²) < 4.78 is 5.05. The van der Waals surface area contributed by atoms with Crippen molar-refractivity contribution in [3.8, 4) is 0 Å². The van der Waals surface area contributed by atoms with Crippen molar-refractivity contribution in [3.05, 3.63) is 58.8 Å². The Morgan fingerprint density at radius 2 is 1.95 bits per heavy atom. The van der Waals surface area contributed by atoms with Crippen LogP contribution in [0.25, 0.3) is 6.08 Å². The molecule has 0 saturated heterocycles. The largest absolute Gasteiger partial charge is 0.449 e. The number of rotatable bonds is 5. The lowest BCUT2D eigenvalue weighted by molar-refractivity contribution is -0.148. The van der Waals surface area contributed by atoms with Gasteiger partial charge < -0.3 is 10.1 Å². The molecular formula is C16H15NO3S. The Morgan fingerprint density at radius 3 is 2.62 bits per heavy atom. The van der Waals surface area contributed by atoms with Crippen LogP contribution < -0.4 is 5.32 Å². The second kappa shape index (κ2) is 7.40. The number of carbonyl (C=O) groups is 2. The van der Waals surface area contributed by atoms with Crippen LogP contribution in [0.4, 0.5) is 5.69 Å². The first-order chi connectivity index (χ1) is 10.1. The van der Waals surface area contributed by atoms with E-state index in [1.807, 2.05) is 35.7 Å². The van der Waals surface area contributed by atoms with Crippen LogP contribution in [-0.4, -0.2) is 18.0 Å². The zero-order chi connectivity index (χ0) is 15.1. The number of esters is 1. The molecule has 2 rings (SSSR count). The number of benzene rings is 1. The fourth-order valence-electron chi connectivity index (χ4n) is 1.57. The molecule has 5 heteroatoms. The van der Waals surface area contributed by atoms with Crippen molar-refractivity contribution in [2.45, 2.75) is 13.0 Å². The van der Waals surface area contributed by atoms with Crippen LogP contribution >= 0.6 is 11.3 Å². The second-order valence-corrected chi connectivity index (χ2v) is 5.26. The minimum absolute atomic E-state index is 0.362. The normalized spacial score (nSPS) is 12.0. The van der Waals surface area contributed by atoms with Gasteiger partial charge in [0.1, 0.15) is 0 Å². The lowest BCUT2D eigenvalue weighted by Crippen LogP contribution is -2.29. The molecule has 1 atom stereocenters. The number of hydrogen-bond donors (Lipinski definition) is 1. The van der Waals surface area contributed by atoms with E-state index in [9.17, 15) is 9.59 Å². The molecule has 1 aromatic carbocycles. The van der Waals surface area contributed by atoms with E-state index >= 15 is 0 Å². The Bertz CT molecular complexity index is 620. The average molecular weight is 301 g/mol. The molecule has 0 unspecified atom stereocenters. The maximum Gasteiger partial charge on any atom is 0.331 e. The lowest BCUT2D eigenvalue weighted by Gasteiger charge is -2.12. The number of para-hydroxylation sites is 1. The first-order valence-electron chi connectivity index (χ1n) is 6.43. The Morgan fingerprint density at radius 1 is 1.19 bits per heavy atom. The smallest absolute Gasteiger partial charge is 0.331 e. The van der Waals surface area contributed by atoms with Crippen molar-refractivity contribution >= 4 is 35.0 Å². The molecule has 0 aliphatic heterocycles. The fourth-order valence-corrected chi connectivity index (χ4v) is 2.19. The van der Waals surface area contributed by atoms with Crippen molar-refractivity contribution in [2.75, 3.05) is 5.32 Å². The standard InChI is InChI=1S/C16H15NO3S/c1-12(16(19)17-13-6-3-2-4-7-13)20-15(18)10-9-14-8-5-11-21-14/h2-12H,1H3,(H,17,19)/b10-9+/t12-/m1/s1. The van der Waals surface area contributed by atoms with Crippen LogP contribution in [0.2, 0.25) is 0 Å². The monoisotopic (exact) mass is 301 g/mol. The molecule has 1 heterocycles. The van der Waals surface area contributed by atoms with Crippen molar-refractivity contribution in [1.82, 2.24) is 0 Å². The molecule has 1 aromatic heterocycles. The third kappa shape index (κ3) is 4.89. The molecule has 0 fully saturated rings. The highest BCUT2D eigenvalue weighted by molar-refractivity contribution is 7.10. The van der Waals surface area contributed by atoms with Gasteiger partial charge in [-0.15, -0.1) is 11.3 Å². The lowest BCUT2D eigenvalue weighted by atomic mass is 10.3. The van der Waals surface area contributed by atoms with Crippen LogP contribution in [-0.2, 0) is 14.3 Å². The summed E-state index contributed by atoms with van der Waals surface area (Å²) >= 11 is 1.52. The number of nitrogens with one attached hydrogen (secondary N) is 1. The molecule has 1 N–H and O–H groups in total. The number of carbonyl (C=O) groups excluding carboxylic acids is 2. The Kier molecular flexibility index (Phi) is 5.29. The topological polar surface area (TPSA) is 55.4 Å². The SMILES string of the molecule is C[C@@H](OC(=O)/C=C/c1cccs1)C(=O)Nc1ccccc1. The Hall–Kier alpha value is -2.40. The third-order valence-electron chi connectivity index (χ3n) is 2.63. The van der Waals surface area contributed by atoms with E-state index < -0.39 is 12.1 Å². The summed E-state index contributed by atoms with van der Waals surface area (Å²) in [5.41, 5.74) is 0.666. The molecule has 21 heavy (non-hydrogen) atoms. The van der Waals surface area contributed by atoms with E-state index in [2.05, 4.69) is 5.32 Å². The zero-order valence-electron chi connectivity index (χ0n) is 11.5. The third-order valence-corrected chi connectivity index (χ3v) is 3.47. The van der Waals surface area contributed by atoms with Crippen LogP contribution in [0.15, 0.2) is 53.9 Å². The number of amides is 1. The number of ether oxygens (including phenoxy) is 1. The van der Waals surface area contributed by atoms with E-state index in [0.717, 1.165) is 4.88 Å². The first-order valence-corrected chi connectivity index (χ1v) is 7.31. The van der Waals surface area contributed by atoms with Gasteiger partial charge in [-0.05, 0) is 36.6 Å². The van der Waals surface area contributed by atoms with Gasteiger partial charge in [-0.1, -0.05) is 24.3 Å². The van der Waals surface area contributed by atoms with Crippen LogP contribution in [0.3, 0.4) is 0 Å². The summed E-state index contributed by atoms with van der Waals surface area (Å²) in [5, 5.41) is 4.60. The Labute approximate surface area is 127 Å². The molecule has 0 bridgehead atoms. The average Bonchev–Trinajstić information content (AvgIpc) is 2.99. The number of anilines is 1. The molecule has 108 valence electrons. The van der Waals surface area contributed by atoms with Crippen molar-refractivity contribution in [1.29, 1.82) is 0 Å².